The molecule has 106 heavy (non-hydrogen) atoms. The minimum atomic E-state index is -3.92. The van der Waals surface area contributed by atoms with E-state index in [1.807, 2.05) is 27.7 Å². The highest BCUT2D eigenvalue weighted by Gasteiger charge is 2.56. The Bertz CT molecular complexity index is 3870. The number of hydrogen-bond donors (Lipinski definition) is 5. The van der Waals surface area contributed by atoms with Gasteiger partial charge in [-0.25, -0.2) is 9.59 Å². The van der Waals surface area contributed by atoms with Crippen LogP contribution in [0.3, 0.4) is 0 Å². The Morgan fingerprint density at radius 3 is 0.972 bits per heavy atom. The molecule has 564 valence electrons. The molecule has 1 unspecified atom stereocenters. The van der Waals surface area contributed by atoms with Gasteiger partial charge >= 0.3 is 35.9 Å². The van der Waals surface area contributed by atoms with Crippen LogP contribution in [0, 0.1) is 0 Å². The van der Waals surface area contributed by atoms with E-state index in [0.717, 1.165) is 0 Å². The van der Waals surface area contributed by atoms with Crippen molar-refractivity contribution in [2.75, 3.05) is 65.8 Å². The van der Waals surface area contributed by atoms with Gasteiger partial charge < -0.3 is 76.1 Å². The van der Waals surface area contributed by atoms with Crippen LogP contribution in [0.5, 0.6) is 0 Å². The zero-order valence-corrected chi connectivity index (χ0v) is 63.3. The highest BCUT2D eigenvalue weighted by Crippen LogP contribution is 2.46. The number of rotatable bonds is 34. The van der Waals surface area contributed by atoms with E-state index in [2.05, 4.69) is 10.3 Å². The largest absolute Gasteiger partial charge is 0.636 e. The second-order valence-electron chi connectivity index (χ2n) is 26.3. The quantitative estimate of drug-likeness (QED) is 0.0142. The molecule has 0 saturated carbocycles. The van der Waals surface area contributed by atoms with Gasteiger partial charge in [-0.2, -0.15) is 0 Å². The average Bonchev–Trinajstić information content (AvgIpc) is 1.55. The first-order chi connectivity index (χ1) is 51.3. The topological polar surface area (TPSA) is 280 Å². The molecule has 6 atom stereocenters. The third-order valence-electron chi connectivity index (χ3n) is 19.6. The first kappa shape index (κ1) is 79.6. The lowest BCUT2D eigenvalue weighted by atomic mass is 9.78. The average molecular weight is 1490 g/mol. The number of alkyl carbamates (subject to hydrolysis) is 1. The molecule has 5 N–H and O–H groups in total. The third-order valence-corrected chi connectivity index (χ3v) is 25.2. The normalized spacial score (nSPS) is 18.5. The van der Waals surface area contributed by atoms with Gasteiger partial charge in [0.1, 0.15) is 35.1 Å². The minimum absolute atomic E-state index is 0.0706. The fraction of sp³-hybridized carbons (Fsp3) is 0.407. The Morgan fingerprint density at radius 2 is 0.689 bits per heavy atom. The SMILES string of the molecule is CCCNC(=O)OC1C[C@@H](C(O)(c2ccccc2)c2ccccc2)N(C(=O)c2cc(C(=O)N3C[C@H](OC(=O)CCC[Si](OCC)(OCC)OCC)C[C@H]3C(O)(c3ccccc3)c3ccccc3)cc(C(=O)N3C[C@H](OC(=O)N[Si](OCC)(OCC)OCC)C[C@H]3C(O)(c3ccccc3)c3ccccc3)c2)C1. The van der Waals surface area contributed by atoms with Crippen LogP contribution in [0.4, 0.5) is 9.59 Å². The summed E-state index contributed by atoms with van der Waals surface area (Å²) in [4.78, 5) is 99.1. The molecule has 10 rings (SSSR count). The van der Waals surface area contributed by atoms with Gasteiger partial charge in [0.15, 0.2) is 0 Å². The van der Waals surface area contributed by atoms with Crippen molar-refractivity contribution in [2.24, 2.45) is 0 Å². The number of nitrogens with zero attached hydrogens (tertiary/aromatic N) is 3. The van der Waals surface area contributed by atoms with Gasteiger partial charge in [-0.1, -0.05) is 189 Å². The molecular weight excluding hydrogens is 1390 g/mol. The van der Waals surface area contributed by atoms with Crippen molar-refractivity contribution in [3.63, 3.8) is 0 Å². The molecule has 0 aliphatic carbocycles. The van der Waals surface area contributed by atoms with Gasteiger partial charge in [0.25, 0.3) is 17.7 Å². The van der Waals surface area contributed by atoms with Crippen molar-refractivity contribution < 1.29 is 84.9 Å². The predicted octanol–water partition coefficient (Wildman–Crippen LogP) is 11.0. The molecule has 23 nitrogen and oxygen atoms in total. The number of aliphatic hydroxyl groups is 3. The summed E-state index contributed by atoms with van der Waals surface area (Å²) in [6.45, 7) is 13.4. The van der Waals surface area contributed by atoms with Crippen LogP contribution >= 0.6 is 0 Å². The molecule has 25 heteroatoms. The zero-order valence-electron chi connectivity index (χ0n) is 61.3. The Morgan fingerprint density at radius 1 is 0.406 bits per heavy atom. The predicted molar refractivity (Wildman–Crippen MR) is 400 cm³/mol. The fourth-order valence-corrected chi connectivity index (χ4v) is 19.6. The van der Waals surface area contributed by atoms with Crippen LogP contribution in [-0.2, 0) is 62.4 Å². The maximum atomic E-state index is 16.7. The number of carbonyl (C=O) groups is 6. The van der Waals surface area contributed by atoms with E-state index in [1.165, 1.54) is 32.9 Å². The van der Waals surface area contributed by atoms with Gasteiger partial charge in [-0.3, -0.25) is 24.2 Å². The summed E-state index contributed by atoms with van der Waals surface area (Å²) in [6.07, 6.45) is -4.43. The molecule has 7 aromatic carbocycles. The first-order valence-electron chi connectivity index (χ1n) is 36.8. The summed E-state index contributed by atoms with van der Waals surface area (Å²) in [6, 6.07) is 53.4. The van der Waals surface area contributed by atoms with Crippen LogP contribution in [0.15, 0.2) is 200 Å². The number of likely N-dealkylation sites (tertiary alicyclic amines) is 3. The maximum absolute atomic E-state index is 16.7. The van der Waals surface area contributed by atoms with E-state index >= 15 is 14.4 Å². The van der Waals surface area contributed by atoms with E-state index in [4.69, 9.17) is 40.8 Å². The highest BCUT2D eigenvalue weighted by atomic mass is 28.4. The first-order valence-corrected chi connectivity index (χ1v) is 40.5. The number of nitrogens with one attached hydrogen (secondary N) is 2. The molecule has 5 amide bonds. The molecule has 0 radical (unpaired) electrons. The van der Waals surface area contributed by atoms with Crippen LogP contribution in [0.25, 0.3) is 0 Å². The summed E-state index contributed by atoms with van der Waals surface area (Å²) < 4.78 is 54.9. The molecule has 0 bridgehead atoms. The molecule has 3 heterocycles. The molecular formula is C81H99N5O18Si2. The van der Waals surface area contributed by atoms with E-state index in [1.54, 1.807) is 203 Å². The van der Waals surface area contributed by atoms with Gasteiger partial charge in [-0.15, -0.1) is 0 Å². The van der Waals surface area contributed by atoms with E-state index in [0.29, 0.717) is 72.2 Å². The van der Waals surface area contributed by atoms with Crippen molar-refractivity contribution in [1.82, 2.24) is 25.0 Å². The standard InChI is InChI=1S/C81H99N5O18Si2/c1-8-47-82-77(91)103-68-53-71(80(94,63-38-25-17-26-39-63)64-40-27-18-28-41-64)85(56-68)75(89)59-49-58(74(88)84-55-67(102-73(87)46-33-48-105(96-9-2,97-10-3)98-11-4)52-70(84)79(93,61-34-21-15-22-35-61)62-36-23-16-24-37-62)50-60(51-59)76(90)86-57-69(104-78(92)83-106(99-12-5,100-13-6)101-14-7)54-72(86)81(95,65-42-29-19-30-43-65)66-44-31-20-32-45-66/h15-32,34-45,49-51,67-72,93-95H,8-14,33,46-48,52-57H2,1-7H3,(H,82,91)(H,83,92)/t67-,68?,69-,70+,71+,72+/m1/s1. The van der Waals surface area contributed by atoms with Gasteiger partial charge in [-0.05, 0) is 106 Å². The van der Waals surface area contributed by atoms with Crippen molar-refractivity contribution in [2.45, 2.75) is 146 Å². The monoisotopic (exact) mass is 1490 g/mol. The second-order valence-corrected chi connectivity index (χ2v) is 31.3. The van der Waals surface area contributed by atoms with Crippen molar-refractivity contribution in [3.8, 4) is 0 Å². The minimum Gasteiger partial charge on any atom is -0.460 e. The van der Waals surface area contributed by atoms with Crippen LogP contribution in [-0.4, -0.2) is 186 Å². The second kappa shape index (κ2) is 36.6. The molecule has 3 saturated heterocycles. The number of hydrogen-bond acceptors (Lipinski definition) is 18. The summed E-state index contributed by atoms with van der Waals surface area (Å²) in [5.74, 6) is -2.98. The van der Waals surface area contributed by atoms with Crippen molar-refractivity contribution in [3.05, 3.63) is 250 Å². The summed E-state index contributed by atoms with van der Waals surface area (Å²) in [7, 11) is -7.10. The molecule has 0 spiro atoms. The lowest BCUT2D eigenvalue weighted by Gasteiger charge is -2.40. The van der Waals surface area contributed by atoms with E-state index < -0.39 is 107 Å². The Labute approximate surface area is 622 Å². The van der Waals surface area contributed by atoms with Gasteiger partial charge in [0.05, 0.1) is 37.8 Å². The number of benzene rings is 7. The van der Waals surface area contributed by atoms with Crippen LogP contribution in [0.1, 0.15) is 151 Å². The Hall–Kier alpha value is -8.97. The molecule has 3 aliphatic rings. The molecule has 0 aromatic heterocycles. The van der Waals surface area contributed by atoms with Gasteiger partial charge in [0, 0.05) is 94.6 Å². The lowest BCUT2D eigenvalue weighted by molar-refractivity contribution is -0.148. The fourth-order valence-electron chi connectivity index (χ4n) is 15.0. The van der Waals surface area contributed by atoms with E-state index in [-0.39, 0.29) is 88.2 Å². The Balaban J connectivity index is 1.14. The summed E-state index contributed by atoms with van der Waals surface area (Å²) in [5, 5.41) is 44.1. The van der Waals surface area contributed by atoms with E-state index in [9.17, 15) is 29.7 Å². The Kier molecular flexibility index (Phi) is 27.4. The number of amides is 5. The number of ether oxygens (including phenoxy) is 3. The van der Waals surface area contributed by atoms with Crippen LogP contribution < -0.4 is 10.3 Å². The number of carbonyl (C=O) groups excluding carboxylic acids is 6. The number of esters is 1. The third kappa shape index (κ3) is 17.8. The maximum Gasteiger partial charge on any atom is 0.636 e. The molecule has 7 aromatic rings. The summed E-state index contributed by atoms with van der Waals surface area (Å²) in [5.41, 5.74) is -4.35. The smallest absolute Gasteiger partial charge is 0.460 e. The van der Waals surface area contributed by atoms with Crippen LogP contribution in [0.2, 0.25) is 6.04 Å². The molecule has 3 fully saturated rings. The highest BCUT2D eigenvalue weighted by molar-refractivity contribution is 6.61. The van der Waals surface area contributed by atoms with Gasteiger partial charge in [0.2, 0.25) is 0 Å². The molecule has 3 aliphatic heterocycles. The van der Waals surface area contributed by atoms with Crippen molar-refractivity contribution in [1.29, 1.82) is 0 Å². The summed E-state index contributed by atoms with van der Waals surface area (Å²) >= 11 is 0. The van der Waals surface area contributed by atoms with Crippen molar-refractivity contribution >= 4 is 53.6 Å². The zero-order chi connectivity index (χ0) is 75.5. The lowest BCUT2D eigenvalue weighted by Crippen LogP contribution is -2.61.